The summed E-state index contributed by atoms with van der Waals surface area (Å²) < 4.78 is 6.35. The Labute approximate surface area is 154 Å². The third-order valence-corrected chi connectivity index (χ3v) is 4.88. The molecule has 1 aliphatic heterocycles. The molecule has 0 spiro atoms. The van der Waals surface area contributed by atoms with Crippen LogP contribution in [0.2, 0.25) is 0 Å². The Morgan fingerprint density at radius 1 is 1.30 bits per heavy atom. The van der Waals surface area contributed by atoms with E-state index in [4.69, 9.17) is 4.74 Å². The third-order valence-electron chi connectivity index (χ3n) is 4.88. The van der Waals surface area contributed by atoms with Crippen molar-refractivity contribution in [2.45, 2.75) is 38.3 Å². The number of ether oxygens (including phenoxy) is 1. The van der Waals surface area contributed by atoms with Crippen LogP contribution in [0.15, 0.2) is 27.8 Å². The lowest BCUT2D eigenvalue weighted by Crippen LogP contribution is -2.53. The van der Waals surface area contributed by atoms with Gasteiger partial charge in [-0.25, -0.2) is 4.79 Å². The Hall–Kier alpha value is -2.94. The summed E-state index contributed by atoms with van der Waals surface area (Å²) in [6.07, 6.45) is 0.598. The number of hydrogen-bond acceptors (Lipinski definition) is 5. The fraction of sp³-hybridized carbons (Fsp3) is 0.444. The minimum Gasteiger partial charge on any atom is -0.481 e. The monoisotopic (exact) mass is 375 g/mol. The number of carbonyl (C=O) groups excluding carboxylic acids is 1. The summed E-state index contributed by atoms with van der Waals surface area (Å²) in [7, 11) is 0. The molecule has 144 valence electrons. The quantitative estimate of drug-likeness (QED) is 0.696. The zero-order valence-corrected chi connectivity index (χ0v) is 14.9. The Balaban J connectivity index is 1.94. The van der Waals surface area contributed by atoms with Crippen LogP contribution in [-0.2, 0) is 16.1 Å². The summed E-state index contributed by atoms with van der Waals surface area (Å²) in [4.78, 5) is 50.8. The molecule has 1 fully saturated rings. The van der Waals surface area contributed by atoms with Gasteiger partial charge >= 0.3 is 11.7 Å². The number of aromatic amines is 1. The number of nitrogens with zero attached hydrogens (tertiary/aromatic N) is 1. The molecule has 1 saturated heterocycles. The first-order valence-corrected chi connectivity index (χ1v) is 8.74. The van der Waals surface area contributed by atoms with Crippen LogP contribution in [0.25, 0.3) is 10.9 Å². The second-order valence-electron chi connectivity index (χ2n) is 6.66. The van der Waals surface area contributed by atoms with E-state index in [0.29, 0.717) is 31.4 Å². The van der Waals surface area contributed by atoms with Gasteiger partial charge in [-0.1, -0.05) is 0 Å². The number of carbonyl (C=O) groups is 2. The van der Waals surface area contributed by atoms with Crippen LogP contribution < -0.4 is 16.6 Å². The average molecular weight is 375 g/mol. The number of benzene rings is 1. The third kappa shape index (κ3) is 3.77. The van der Waals surface area contributed by atoms with E-state index in [1.165, 1.54) is 18.2 Å². The summed E-state index contributed by atoms with van der Waals surface area (Å²) in [5.41, 5.74) is -1.34. The van der Waals surface area contributed by atoms with E-state index in [-0.39, 0.29) is 24.0 Å². The maximum atomic E-state index is 12.7. The van der Waals surface area contributed by atoms with Gasteiger partial charge in [-0.15, -0.1) is 0 Å². The number of aliphatic carboxylic acids is 1. The lowest BCUT2D eigenvalue weighted by molar-refractivity contribution is -0.139. The highest BCUT2D eigenvalue weighted by molar-refractivity contribution is 5.98. The van der Waals surface area contributed by atoms with Gasteiger partial charge in [0.1, 0.15) is 0 Å². The Kier molecular flexibility index (Phi) is 5.13. The standard InChI is InChI=1S/C18H21N3O6/c1-2-21-16(25)12-4-3-11(9-13(12)19-17(21)26)15(24)20-18(10-14(22)23)5-7-27-8-6-18/h3-4,9H,2,5-8,10H2,1H3,(H,19,26)(H,20,24)(H,22,23). The van der Waals surface area contributed by atoms with E-state index in [0.717, 1.165) is 4.57 Å². The molecule has 1 aromatic heterocycles. The summed E-state index contributed by atoms with van der Waals surface area (Å²) in [5, 5.41) is 12.3. The molecular weight excluding hydrogens is 354 g/mol. The minimum atomic E-state index is -1.000. The molecule has 1 aromatic carbocycles. The molecule has 2 heterocycles. The zero-order chi connectivity index (χ0) is 19.6. The van der Waals surface area contributed by atoms with E-state index in [1.807, 2.05) is 0 Å². The van der Waals surface area contributed by atoms with Gasteiger partial charge in [0.05, 0.1) is 22.9 Å². The lowest BCUT2D eigenvalue weighted by atomic mass is 9.86. The molecule has 0 unspecified atom stereocenters. The first-order valence-electron chi connectivity index (χ1n) is 8.74. The maximum Gasteiger partial charge on any atom is 0.328 e. The summed E-state index contributed by atoms with van der Waals surface area (Å²) >= 11 is 0. The van der Waals surface area contributed by atoms with Crippen molar-refractivity contribution < 1.29 is 19.4 Å². The number of aromatic nitrogens is 2. The predicted molar refractivity (Wildman–Crippen MR) is 97.0 cm³/mol. The topological polar surface area (TPSA) is 130 Å². The average Bonchev–Trinajstić information content (AvgIpc) is 2.61. The van der Waals surface area contributed by atoms with Gasteiger partial charge in [-0.3, -0.25) is 19.0 Å². The molecule has 27 heavy (non-hydrogen) atoms. The van der Waals surface area contributed by atoms with Crippen LogP contribution in [0.1, 0.15) is 36.5 Å². The molecule has 0 atom stereocenters. The number of rotatable bonds is 5. The predicted octanol–water partition coefficient (Wildman–Crippen LogP) is 0.463. The second kappa shape index (κ2) is 7.36. The Morgan fingerprint density at radius 3 is 2.63 bits per heavy atom. The van der Waals surface area contributed by atoms with Crippen LogP contribution in [0, 0.1) is 0 Å². The van der Waals surface area contributed by atoms with Gasteiger partial charge in [-0.2, -0.15) is 0 Å². The van der Waals surface area contributed by atoms with Gasteiger partial charge in [0.25, 0.3) is 11.5 Å². The van der Waals surface area contributed by atoms with Crippen LogP contribution >= 0.6 is 0 Å². The molecule has 0 saturated carbocycles. The zero-order valence-electron chi connectivity index (χ0n) is 14.9. The highest BCUT2D eigenvalue weighted by Crippen LogP contribution is 2.25. The molecule has 2 aromatic rings. The molecule has 3 N–H and O–H groups in total. The summed E-state index contributed by atoms with van der Waals surface area (Å²) in [6.45, 7) is 2.68. The fourth-order valence-corrected chi connectivity index (χ4v) is 3.39. The van der Waals surface area contributed by atoms with Gasteiger partial charge < -0.3 is 20.1 Å². The van der Waals surface area contributed by atoms with E-state index < -0.39 is 28.7 Å². The van der Waals surface area contributed by atoms with Gasteiger partial charge in [0.2, 0.25) is 0 Å². The van der Waals surface area contributed by atoms with E-state index in [2.05, 4.69) is 10.3 Å². The van der Waals surface area contributed by atoms with E-state index in [9.17, 15) is 24.3 Å². The molecule has 0 aliphatic carbocycles. The fourth-order valence-electron chi connectivity index (χ4n) is 3.39. The van der Waals surface area contributed by atoms with Crippen molar-refractivity contribution in [3.63, 3.8) is 0 Å². The molecular formula is C18H21N3O6. The molecule has 3 rings (SSSR count). The van der Waals surface area contributed by atoms with Gasteiger partial charge in [0, 0.05) is 25.3 Å². The van der Waals surface area contributed by atoms with Crippen molar-refractivity contribution in [2.24, 2.45) is 0 Å². The number of hydrogen-bond donors (Lipinski definition) is 3. The number of amides is 1. The lowest BCUT2D eigenvalue weighted by Gasteiger charge is -2.36. The Bertz CT molecular complexity index is 1000. The molecule has 9 nitrogen and oxygen atoms in total. The largest absolute Gasteiger partial charge is 0.481 e. The van der Waals surface area contributed by atoms with Crippen molar-refractivity contribution in [1.82, 2.24) is 14.9 Å². The van der Waals surface area contributed by atoms with Crippen molar-refractivity contribution >= 4 is 22.8 Å². The maximum absolute atomic E-state index is 12.7. The number of nitrogens with one attached hydrogen (secondary N) is 2. The van der Waals surface area contributed by atoms with Gasteiger partial charge in [0.15, 0.2) is 0 Å². The molecule has 1 amide bonds. The SMILES string of the molecule is CCn1c(=O)[nH]c2cc(C(=O)NC3(CC(=O)O)CCOCC3)ccc2c1=O. The van der Waals surface area contributed by atoms with Crippen molar-refractivity contribution in [1.29, 1.82) is 0 Å². The van der Waals surface area contributed by atoms with Crippen LogP contribution in [0.5, 0.6) is 0 Å². The van der Waals surface area contributed by atoms with E-state index in [1.54, 1.807) is 6.92 Å². The number of carboxylic acid groups (broad SMARTS) is 1. The second-order valence-corrected chi connectivity index (χ2v) is 6.66. The first-order chi connectivity index (χ1) is 12.8. The highest BCUT2D eigenvalue weighted by Gasteiger charge is 2.36. The Morgan fingerprint density at radius 2 is 2.00 bits per heavy atom. The van der Waals surface area contributed by atoms with Crippen molar-refractivity contribution in [3.05, 3.63) is 44.6 Å². The summed E-state index contributed by atoms with van der Waals surface area (Å²) in [6, 6.07) is 4.41. The molecule has 1 aliphatic rings. The minimum absolute atomic E-state index is 0.201. The number of carboxylic acids is 1. The highest BCUT2D eigenvalue weighted by atomic mass is 16.5. The molecule has 9 heteroatoms. The van der Waals surface area contributed by atoms with Crippen LogP contribution in [0.3, 0.4) is 0 Å². The number of H-pyrrole nitrogens is 1. The summed E-state index contributed by atoms with van der Waals surface area (Å²) in [5.74, 6) is -1.46. The number of fused-ring (bicyclic) bond motifs is 1. The van der Waals surface area contributed by atoms with Crippen LogP contribution in [-0.4, -0.2) is 45.3 Å². The van der Waals surface area contributed by atoms with Gasteiger partial charge in [-0.05, 0) is 38.0 Å². The molecule has 0 radical (unpaired) electrons. The van der Waals surface area contributed by atoms with E-state index >= 15 is 0 Å². The van der Waals surface area contributed by atoms with Crippen LogP contribution in [0.4, 0.5) is 0 Å². The molecule has 0 bridgehead atoms. The smallest absolute Gasteiger partial charge is 0.328 e. The normalized spacial score (nSPS) is 16.2. The van der Waals surface area contributed by atoms with Crippen molar-refractivity contribution in [2.75, 3.05) is 13.2 Å². The van der Waals surface area contributed by atoms with Crippen molar-refractivity contribution in [3.8, 4) is 0 Å². The first kappa shape index (κ1) is 18.8.